The maximum atomic E-state index is 4.18. The zero-order valence-electron chi connectivity index (χ0n) is 10.7. The van der Waals surface area contributed by atoms with E-state index in [9.17, 15) is 0 Å². The normalized spacial score (nSPS) is 9.17. The first-order valence-corrected chi connectivity index (χ1v) is 7.05. The first-order valence-electron chi connectivity index (χ1n) is 6.41. The molecule has 0 saturated carbocycles. The van der Waals surface area contributed by atoms with Gasteiger partial charge in [-0.3, -0.25) is 0 Å². The molecule has 0 bridgehead atoms. The number of unbranched alkanes of at least 4 members (excludes halogenated alkanes) is 3. The van der Waals surface area contributed by atoms with Gasteiger partial charge in [0.2, 0.25) is 0 Å². The van der Waals surface area contributed by atoms with Crippen LogP contribution in [-0.4, -0.2) is 5.75 Å². The summed E-state index contributed by atoms with van der Waals surface area (Å²) >= 11 is 4.18. The van der Waals surface area contributed by atoms with Crippen molar-refractivity contribution in [3.05, 3.63) is 60.2 Å². The molecular weight excluding hydrogens is 280 g/mol. The molecule has 0 radical (unpaired) electrons. The van der Waals surface area contributed by atoms with Crippen molar-refractivity contribution in [3.8, 4) is 0 Å². The quantitative estimate of drug-likeness (QED) is 0.335. The molecule has 0 heterocycles. The topological polar surface area (TPSA) is 0 Å². The molecule has 0 fully saturated rings. The van der Waals surface area contributed by atoms with E-state index >= 15 is 0 Å². The Kier molecular flexibility index (Phi) is 12.7. The van der Waals surface area contributed by atoms with Crippen LogP contribution in [0.5, 0.6) is 0 Å². The third-order valence-electron chi connectivity index (χ3n) is 2.66. The number of aryl methyl sites for hydroxylation is 1. The summed E-state index contributed by atoms with van der Waals surface area (Å²) in [5, 5.41) is 0. The van der Waals surface area contributed by atoms with Crippen LogP contribution in [0.1, 0.15) is 31.2 Å². The van der Waals surface area contributed by atoms with Crippen molar-refractivity contribution < 1.29 is 17.1 Å². The third-order valence-corrected chi connectivity index (χ3v) is 2.98. The minimum absolute atomic E-state index is 0. The van der Waals surface area contributed by atoms with Gasteiger partial charge in [0.05, 0.1) is 0 Å². The van der Waals surface area contributed by atoms with Gasteiger partial charge < -0.3 is 0 Å². The molecule has 2 aromatic rings. The molecule has 0 spiro atoms. The maximum absolute atomic E-state index is 4.18. The average molecular weight is 302 g/mol. The Morgan fingerprint density at radius 3 is 2.11 bits per heavy atom. The van der Waals surface area contributed by atoms with Crippen molar-refractivity contribution >= 4 is 12.6 Å². The molecule has 0 unspecified atom stereocenters. The van der Waals surface area contributed by atoms with E-state index in [1.165, 1.54) is 37.7 Å². The van der Waals surface area contributed by atoms with Crippen molar-refractivity contribution in [2.75, 3.05) is 5.75 Å². The summed E-state index contributed by atoms with van der Waals surface area (Å²) in [5.41, 5.74) is 1.49. The first kappa shape index (κ1) is 17.6. The van der Waals surface area contributed by atoms with Gasteiger partial charge in [-0.25, -0.2) is 18.2 Å². The smallest absolute Gasteiger partial charge is 0 e. The molecule has 0 atom stereocenters. The van der Waals surface area contributed by atoms with Gasteiger partial charge in [-0.15, -0.1) is 0 Å². The Labute approximate surface area is 127 Å². The number of thiol groups is 1. The Bertz CT molecular complexity index is 307. The second-order valence-electron chi connectivity index (χ2n) is 4.14. The van der Waals surface area contributed by atoms with E-state index in [0.29, 0.717) is 0 Å². The SMILES string of the molecule is SCCCCCCc1cc[cH-]c1.[Fe].c1cc[cH-]c1. The van der Waals surface area contributed by atoms with Crippen molar-refractivity contribution in [2.24, 2.45) is 0 Å². The van der Waals surface area contributed by atoms with E-state index in [-0.39, 0.29) is 17.1 Å². The fourth-order valence-corrected chi connectivity index (χ4v) is 1.92. The van der Waals surface area contributed by atoms with E-state index in [4.69, 9.17) is 0 Å². The summed E-state index contributed by atoms with van der Waals surface area (Å²) in [6.45, 7) is 0. The molecule has 2 heteroatoms. The third kappa shape index (κ3) is 9.58. The average Bonchev–Trinajstić information content (AvgIpc) is 3.05. The molecule has 0 N–H and O–H groups in total. The van der Waals surface area contributed by atoms with Gasteiger partial charge in [0.25, 0.3) is 0 Å². The van der Waals surface area contributed by atoms with Crippen LogP contribution in [-0.2, 0) is 23.5 Å². The molecule has 18 heavy (non-hydrogen) atoms. The van der Waals surface area contributed by atoms with Crippen molar-refractivity contribution in [2.45, 2.75) is 32.1 Å². The van der Waals surface area contributed by atoms with Gasteiger partial charge >= 0.3 is 0 Å². The predicted molar refractivity (Wildman–Crippen MR) is 80.1 cm³/mol. The standard InChI is InChI=1S/C11H17S.C5H5.Fe/c12-10-6-2-1-3-7-11-8-4-5-9-11;1-2-4-5-3-1;/h4-5,8-9,12H,1-3,6-7,10H2;1-5H;/q2*-1;. The number of hydrogen-bond acceptors (Lipinski definition) is 1. The minimum Gasteiger partial charge on any atom is -0.214 e. The molecule has 0 aliphatic carbocycles. The van der Waals surface area contributed by atoms with Gasteiger partial charge in [-0.1, -0.05) is 25.7 Å². The maximum Gasteiger partial charge on any atom is 0 e. The predicted octanol–water partition coefficient (Wildman–Crippen LogP) is 4.84. The summed E-state index contributed by atoms with van der Waals surface area (Å²) in [5.74, 6) is 1.04. The molecule has 2 aromatic carbocycles. The molecule has 0 saturated heterocycles. The van der Waals surface area contributed by atoms with Gasteiger partial charge in [-0.05, 0) is 12.2 Å². The van der Waals surface area contributed by atoms with Gasteiger partial charge in [0, 0.05) is 17.1 Å². The molecule has 0 aliphatic rings. The van der Waals surface area contributed by atoms with Crippen molar-refractivity contribution in [1.82, 2.24) is 0 Å². The zero-order chi connectivity index (χ0) is 12.2. The molecule has 0 aromatic heterocycles. The van der Waals surface area contributed by atoms with Crippen molar-refractivity contribution in [3.63, 3.8) is 0 Å². The fourth-order valence-electron chi connectivity index (χ4n) is 1.70. The summed E-state index contributed by atoms with van der Waals surface area (Å²) < 4.78 is 0. The number of rotatable bonds is 6. The largest absolute Gasteiger partial charge is 0.214 e. The van der Waals surface area contributed by atoms with Crippen LogP contribution in [0.25, 0.3) is 0 Å². The van der Waals surface area contributed by atoms with Crippen LogP contribution in [0, 0.1) is 0 Å². The second-order valence-corrected chi connectivity index (χ2v) is 4.59. The van der Waals surface area contributed by atoms with Crippen LogP contribution in [0.3, 0.4) is 0 Å². The molecule has 0 aliphatic heterocycles. The Morgan fingerprint density at radius 1 is 0.889 bits per heavy atom. The van der Waals surface area contributed by atoms with Crippen LogP contribution < -0.4 is 0 Å². The van der Waals surface area contributed by atoms with Crippen LogP contribution in [0.4, 0.5) is 0 Å². The summed E-state index contributed by atoms with van der Waals surface area (Å²) in [6, 6.07) is 18.6. The summed E-state index contributed by atoms with van der Waals surface area (Å²) in [7, 11) is 0. The molecule has 102 valence electrons. The Hall–Kier alpha value is -0.431. The first-order chi connectivity index (χ1) is 8.43. The monoisotopic (exact) mass is 302 g/mol. The van der Waals surface area contributed by atoms with Gasteiger partial charge in [-0.2, -0.15) is 54.6 Å². The summed E-state index contributed by atoms with van der Waals surface area (Å²) in [4.78, 5) is 0. The van der Waals surface area contributed by atoms with Crippen molar-refractivity contribution in [1.29, 1.82) is 0 Å². The summed E-state index contributed by atoms with van der Waals surface area (Å²) in [6.07, 6.45) is 6.54. The van der Waals surface area contributed by atoms with E-state index in [1.54, 1.807) is 0 Å². The van der Waals surface area contributed by atoms with Crippen LogP contribution >= 0.6 is 12.6 Å². The Balaban J connectivity index is 0.000000405. The van der Waals surface area contributed by atoms with Gasteiger partial charge in [0.15, 0.2) is 0 Å². The molecule has 0 amide bonds. The van der Waals surface area contributed by atoms with E-state index in [0.717, 1.165) is 5.75 Å². The molecular formula is C16H22FeS-2. The van der Waals surface area contributed by atoms with Gasteiger partial charge in [0.1, 0.15) is 0 Å². The minimum atomic E-state index is 0. The number of hydrogen-bond donors (Lipinski definition) is 1. The van der Waals surface area contributed by atoms with E-state index in [2.05, 4.69) is 36.9 Å². The van der Waals surface area contributed by atoms with Crippen LogP contribution in [0.2, 0.25) is 0 Å². The molecule has 2 rings (SSSR count). The Morgan fingerprint density at radius 2 is 1.61 bits per heavy atom. The molecule has 0 nitrogen and oxygen atoms in total. The fraction of sp³-hybridized carbons (Fsp3) is 0.375. The van der Waals surface area contributed by atoms with E-state index < -0.39 is 0 Å². The zero-order valence-corrected chi connectivity index (χ0v) is 12.7. The van der Waals surface area contributed by atoms with Crippen LogP contribution in [0.15, 0.2) is 54.6 Å². The second kappa shape index (κ2) is 13.0. The van der Waals surface area contributed by atoms with E-state index in [1.807, 2.05) is 30.3 Å².